The summed E-state index contributed by atoms with van der Waals surface area (Å²) in [6, 6.07) is 5.86. The molecule has 0 saturated heterocycles. The van der Waals surface area contributed by atoms with Crippen molar-refractivity contribution in [2.45, 2.75) is 18.9 Å². The smallest absolute Gasteiger partial charge is 0.335 e. The van der Waals surface area contributed by atoms with Gasteiger partial charge in [0, 0.05) is 6.04 Å². The van der Waals surface area contributed by atoms with Crippen LogP contribution in [0.25, 0.3) is 0 Å². The maximum atomic E-state index is 10.7. The molecular formula is C11H13NO2. The van der Waals surface area contributed by atoms with Crippen LogP contribution in [0.3, 0.4) is 0 Å². The number of fused-ring (bicyclic) bond motifs is 1. The molecule has 1 aliphatic rings. The van der Waals surface area contributed by atoms with Gasteiger partial charge in [-0.05, 0) is 43.1 Å². The molecule has 0 spiro atoms. The van der Waals surface area contributed by atoms with E-state index in [0.717, 1.165) is 12.8 Å². The van der Waals surface area contributed by atoms with Crippen molar-refractivity contribution in [2.24, 2.45) is 0 Å². The molecule has 1 unspecified atom stereocenters. The van der Waals surface area contributed by atoms with Gasteiger partial charge in [0.1, 0.15) is 0 Å². The number of likely N-dealkylation sites (N-methyl/N-ethyl adjacent to an activating group) is 1. The van der Waals surface area contributed by atoms with Gasteiger partial charge in [0.2, 0.25) is 0 Å². The molecule has 0 fully saturated rings. The maximum absolute atomic E-state index is 10.7. The van der Waals surface area contributed by atoms with Crippen LogP contribution in [-0.2, 0) is 12.8 Å². The number of benzene rings is 1. The highest BCUT2D eigenvalue weighted by atomic mass is 16.4. The molecule has 0 heterocycles. The highest BCUT2D eigenvalue weighted by molar-refractivity contribution is 5.88. The number of rotatable bonds is 2. The van der Waals surface area contributed by atoms with E-state index in [1.807, 2.05) is 13.1 Å². The summed E-state index contributed by atoms with van der Waals surface area (Å²) in [7, 11) is 1.94. The minimum atomic E-state index is -0.847. The van der Waals surface area contributed by atoms with E-state index in [2.05, 4.69) is 5.32 Å². The molecular weight excluding hydrogens is 178 g/mol. The van der Waals surface area contributed by atoms with Gasteiger partial charge in [0.15, 0.2) is 0 Å². The van der Waals surface area contributed by atoms with E-state index >= 15 is 0 Å². The first-order valence-electron chi connectivity index (χ1n) is 4.73. The zero-order valence-corrected chi connectivity index (χ0v) is 8.08. The van der Waals surface area contributed by atoms with Gasteiger partial charge >= 0.3 is 5.97 Å². The number of nitrogens with one attached hydrogen (secondary N) is 1. The fourth-order valence-electron chi connectivity index (χ4n) is 1.96. The minimum Gasteiger partial charge on any atom is -0.478 e. The molecule has 0 aliphatic heterocycles. The van der Waals surface area contributed by atoms with Crippen LogP contribution in [0.1, 0.15) is 21.5 Å². The molecule has 2 N–H and O–H groups in total. The van der Waals surface area contributed by atoms with E-state index in [-0.39, 0.29) is 0 Å². The van der Waals surface area contributed by atoms with Gasteiger partial charge < -0.3 is 10.4 Å². The molecule has 1 aliphatic carbocycles. The zero-order chi connectivity index (χ0) is 10.1. The van der Waals surface area contributed by atoms with Crippen LogP contribution < -0.4 is 5.32 Å². The first-order valence-corrected chi connectivity index (χ1v) is 4.73. The van der Waals surface area contributed by atoms with Gasteiger partial charge in [-0.3, -0.25) is 0 Å². The van der Waals surface area contributed by atoms with E-state index in [0.29, 0.717) is 11.6 Å². The zero-order valence-electron chi connectivity index (χ0n) is 8.08. The molecule has 1 atom stereocenters. The lowest BCUT2D eigenvalue weighted by molar-refractivity contribution is 0.0697. The molecule has 3 heteroatoms. The standard InChI is InChI=1S/C11H13NO2/c1-12-10-5-7-2-3-8(11(13)14)4-9(7)6-10/h2-4,10,12H,5-6H2,1H3,(H,13,14). The van der Waals surface area contributed by atoms with E-state index in [1.165, 1.54) is 11.1 Å². The lowest BCUT2D eigenvalue weighted by Gasteiger charge is -2.04. The summed E-state index contributed by atoms with van der Waals surface area (Å²) in [6.07, 6.45) is 1.94. The van der Waals surface area contributed by atoms with Gasteiger partial charge in [-0.25, -0.2) is 4.79 Å². The Labute approximate surface area is 82.8 Å². The maximum Gasteiger partial charge on any atom is 0.335 e. The summed E-state index contributed by atoms with van der Waals surface area (Å²) >= 11 is 0. The SMILES string of the molecule is CNC1Cc2ccc(C(=O)O)cc2C1. The third kappa shape index (κ3) is 1.51. The van der Waals surface area contributed by atoms with Crippen LogP contribution in [0, 0.1) is 0 Å². The normalized spacial score (nSPS) is 19.4. The lowest BCUT2D eigenvalue weighted by Crippen LogP contribution is -2.24. The Balaban J connectivity index is 2.31. The number of hydrogen-bond donors (Lipinski definition) is 2. The molecule has 0 saturated carbocycles. The van der Waals surface area contributed by atoms with Gasteiger partial charge in [-0.1, -0.05) is 6.07 Å². The Hall–Kier alpha value is -1.35. The van der Waals surface area contributed by atoms with Crippen molar-refractivity contribution in [3.05, 3.63) is 34.9 Å². The van der Waals surface area contributed by atoms with E-state index in [4.69, 9.17) is 5.11 Å². The third-order valence-corrected chi connectivity index (χ3v) is 2.79. The molecule has 1 aromatic carbocycles. The third-order valence-electron chi connectivity index (χ3n) is 2.79. The van der Waals surface area contributed by atoms with Gasteiger partial charge in [0.25, 0.3) is 0 Å². The largest absolute Gasteiger partial charge is 0.478 e. The molecule has 0 aromatic heterocycles. The molecule has 74 valence electrons. The Morgan fingerprint density at radius 1 is 1.43 bits per heavy atom. The van der Waals surface area contributed by atoms with Crippen LogP contribution in [0.5, 0.6) is 0 Å². The van der Waals surface area contributed by atoms with E-state index in [1.54, 1.807) is 12.1 Å². The van der Waals surface area contributed by atoms with Crippen molar-refractivity contribution in [1.82, 2.24) is 5.32 Å². The van der Waals surface area contributed by atoms with Crippen molar-refractivity contribution in [2.75, 3.05) is 7.05 Å². The first-order chi connectivity index (χ1) is 6.70. The van der Waals surface area contributed by atoms with Crippen molar-refractivity contribution >= 4 is 5.97 Å². The Kier molecular flexibility index (Phi) is 2.25. The second-order valence-electron chi connectivity index (χ2n) is 3.68. The van der Waals surface area contributed by atoms with Crippen LogP contribution in [0.2, 0.25) is 0 Å². The predicted molar refractivity (Wildman–Crippen MR) is 53.7 cm³/mol. The number of aromatic carboxylic acids is 1. The summed E-state index contributed by atoms with van der Waals surface area (Å²) in [5.74, 6) is -0.847. The van der Waals surface area contributed by atoms with Crippen LogP contribution in [0.15, 0.2) is 18.2 Å². The number of hydrogen-bond acceptors (Lipinski definition) is 2. The monoisotopic (exact) mass is 191 g/mol. The molecule has 0 amide bonds. The van der Waals surface area contributed by atoms with E-state index < -0.39 is 5.97 Å². The van der Waals surface area contributed by atoms with Gasteiger partial charge in [-0.2, -0.15) is 0 Å². The van der Waals surface area contributed by atoms with Crippen molar-refractivity contribution in [3.63, 3.8) is 0 Å². The van der Waals surface area contributed by atoms with E-state index in [9.17, 15) is 4.79 Å². The number of carbonyl (C=O) groups is 1. The summed E-state index contributed by atoms with van der Waals surface area (Å²) in [5.41, 5.74) is 2.83. The minimum absolute atomic E-state index is 0.389. The van der Waals surface area contributed by atoms with Crippen molar-refractivity contribution < 1.29 is 9.90 Å². The van der Waals surface area contributed by atoms with Crippen LogP contribution in [0.4, 0.5) is 0 Å². The molecule has 2 rings (SSSR count). The van der Waals surface area contributed by atoms with Gasteiger partial charge in [-0.15, -0.1) is 0 Å². The van der Waals surface area contributed by atoms with Crippen molar-refractivity contribution in [3.8, 4) is 0 Å². The fourth-order valence-corrected chi connectivity index (χ4v) is 1.96. The summed E-state index contributed by atoms with van der Waals surface area (Å²) in [5, 5.41) is 12.0. The second-order valence-corrected chi connectivity index (χ2v) is 3.68. The number of carboxylic acid groups (broad SMARTS) is 1. The van der Waals surface area contributed by atoms with Gasteiger partial charge in [0.05, 0.1) is 5.56 Å². The van der Waals surface area contributed by atoms with Crippen molar-refractivity contribution in [1.29, 1.82) is 0 Å². The second kappa shape index (κ2) is 3.42. The Bertz CT molecular complexity index is 374. The molecule has 0 radical (unpaired) electrons. The average molecular weight is 191 g/mol. The molecule has 1 aromatic rings. The molecule has 3 nitrogen and oxygen atoms in total. The highest BCUT2D eigenvalue weighted by Gasteiger charge is 2.20. The summed E-state index contributed by atoms with van der Waals surface area (Å²) < 4.78 is 0. The average Bonchev–Trinajstić information content (AvgIpc) is 2.58. The number of carboxylic acids is 1. The molecule has 0 bridgehead atoms. The molecule has 14 heavy (non-hydrogen) atoms. The predicted octanol–water partition coefficient (Wildman–Crippen LogP) is 1.07. The van der Waals surface area contributed by atoms with Crippen LogP contribution in [-0.4, -0.2) is 24.2 Å². The Morgan fingerprint density at radius 3 is 2.79 bits per heavy atom. The summed E-state index contributed by atoms with van der Waals surface area (Å²) in [6.45, 7) is 0. The lowest BCUT2D eigenvalue weighted by atomic mass is 10.1. The summed E-state index contributed by atoms with van der Waals surface area (Å²) in [4.78, 5) is 10.7. The fraction of sp³-hybridized carbons (Fsp3) is 0.364. The first kappa shape index (κ1) is 9.21. The van der Waals surface area contributed by atoms with Crippen LogP contribution >= 0.6 is 0 Å². The quantitative estimate of drug-likeness (QED) is 0.735. The topological polar surface area (TPSA) is 49.3 Å². The highest BCUT2D eigenvalue weighted by Crippen LogP contribution is 2.23. The Morgan fingerprint density at radius 2 is 2.14 bits per heavy atom.